The van der Waals surface area contributed by atoms with E-state index in [0.717, 1.165) is 13.3 Å². The lowest BCUT2D eigenvalue weighted by Gasteiger charge is -2.06. The number of ether oxygens (including phenoxy) is 1. The van der Waals surface area contributed by atoms with Crippen LogP contribution in [-0.2, 0) is 16.0 Å². The van der Waals surface area contributed by atoms with Crippen molar-refractivity contribution in [2.45, 2.75) is 12.8 Å². The Morgan fingerprint density at radius 3 is 2.75 bits per heavy atom. The average Bonchev–Trinajstić information content (AvgIpc) is 2.24. The highest BCUT2D eigenvalue weighted by Gasteiger charge is 2.17. The minimum absolute atomic E-state index is 0.00579. The topological polar surface area (TPSA) is 85.2 Å². The molecule has 0 unspecified atom stereocenters. The molecule has 0 saturated heterocycles. The fourth-order valence-corrected chi connectivity index (χ4v) is 1.14. The van der Waals surface area contributed by atoms with Gasteiger partial charge >= 0.3 is 5.97 Å². The molecular formula is C9H10F2N2O3. The van der Waals surface area contributed by atoms with E-state index in [1.807, 2.05) is 0 Å². The highest BCUT2D eigenvalue weighted by atomic mass is 19.3. The zero-order valence-corrected chi connectivity index (χ0v) is 8.42. The number of nitrogen functional groups attached to an aromatic ring is 1. The third-order valence-corrected chi connectivity index (χ3v) is 2.01. The van der Waals surface area contributed by atoms with E-state index in [4.69, 9.17) is 5.73 Å². The molecular weight excluding hydrogens is 222 g/mol. The molecule has 0 amide bonds. The van der Waals surface area contributed by atoms with Crippen molar-refractivity contribution in [1.82, 2.24) is 4.98 Å². The average molecular weight is 232 g/mol. The molecule has 0 aliphatic rings. The van der Waals surface area contributed by atoms with Gasteiger partial charge in [0.15, 0.2) is 0 Å². The number of hydrogen-bond donors (Lipinski definition) is 2. The Kier molecular flexibility index (Phi) is 3.60. The van der Waals surface area contributed by atoms with Crippen LogP contribution in [0.15, 0.2) is 11.0 Å². The van der Waals surface area contributed by atoms with Crippen LogP contribution in [0.1, 0.15) is 17.7 Å². The number of aromatic amines is 1. The van der Waals surface area contributed by atoms with E-state index in [-0.39, 0.29) is 12.0 Å². The standard InChI is InChI=1S/C9H10F2N2O3/c1-16-5(14)2-4-3-13-7(9(10)11)6(12)8(4)15/h3,9H,2,12H2,1H3,(H,13,15). The summed E-state index contributed by atoms with van der Waals surface area (Å²) in [5, 5.41) is 0. The quantitative estimate of drug-likeness (QED) is 0.747. The van der Waals surface area contributed by atoms with Crippen LogP contribution in [0.2, 0.25) is 0 Å². The summed E-state index contributed by atoms with van der Waals surface area (Å²) >= 11 is 0. The van der Waals surface area contributed by atoms with Gasteiger partial charge in [-0.15, -0.1) is 0 Å². The van der Waals surface area contributed by atoms with Crippen LogP contribution < -0.4 is 11.2 Å². The monoisotopic (exact) mass is 232 g/mol. The number of alkyl halides is 2. The predicted molar refractivity (Wildman–Crippen MR) is 52.2 cm³/mol. The molecule has 16 heavy (non-hydrogen) atoms. The van der Waals surface area contributed by atoms with Crippen LogP contribution in [0.3, 0.4) is 0 Å². The van der Waals surface area contributed by atoms with Gasteiger partial charge in [-0.1, -0.05) is 0 Å². The third-order valence-electron chi connectivity index (χ3n) is 2.01. The lowest BCUT2D eigenvalue weighted by atomic mass is 10.1. The normalized spacial score (nSPS) is 10.5. The molecule has 1 aromatic heterocycles. The molecule has 1 rings (SSSR count). The van der Waals surface area contributed by atoms with Crippen molar-refractivity contribution in [3.63, 3.8) is 0 Å². The third kappa shape index (κ3) is 2.36. The van der Waals surface area contributed by atoms with Gasteiger partial charge in [-0.2, -0.15) is 0 Å². The molecule has 0 fully saturated rings. The second-order valence-electron chi connectivity index (χ2n) is 3.02. The Morgan fingerprint density at radius 1 is 1.62 bits per heavy atom. The SMILES string of the molecule is COC(=O)Cc1c[nH]c(C(F)F)c(N)c1=O. The lowest BCUT2D eigenvalue weighted by molar-refractivity contribution is -0.139. The lowest BCUT2D eigenvalue weighted by Crippen LogP contribution is -2.20. The number of H-pyrrole nitrogens is 1. The number of aromatic nitrogens is 1. The number of pyridine rings is 1. The first-order valence-corrected chi connectivity index (χ1v) is 4.32. The van der Waals surface area contributed by atoms with Crippen molar-refractivity contribution >= 4 is 11.7 Å². The number of anilines is 1. The molecule has 1 aromatic rings. The summed E-state index contributed by atoms with van der Waals surface area (Å²) < 4.78 is 29.0. The number of methoxy groups -OCH3 is 1. The molecule has 0 aliphatic heterocycles. The van der Waals surface area contributed by atoms with Crippen molar-refractivity contribution in [1.29, 1.82) is 0 Å². The van der Waals surface area contributed by atoms with Crippen LogP contribution in [-0.4, -0.2) is 18.1 Å². The van der Waals surface area contributed by atoms with Crippen molar-refractivity contribution in [2.24, 2.45) is 0 Å². The number of halogens is 2. The predicted octanol–water partition coefficient (Wildman–Crippen LogP) is 0.610. The van der Waals surface area contributed by atoms with Gasteiger partial charge in [0.25, 0.3) is 6.43 Å². The number of carbonyl (C=O) groups is 1. The van der Waals surface area contributed by atoms with Gasteiger partial charge in [0, 0.05) is 11.8 Å². The summed E-state index contributed by atoms with van der Waals surface area (Å²) in [6.07, 6.45) is -2.13. The second kappa shape index (κ2) is 4.73. The molecule has 1 heterocycles. The fourth-order valence-electron chi connectivity index (χ4n) is 1.14. The van der Waals surface area contributed by atoms with Crippen LogP contribution in [0.5, 0.6) is 0 Å². The van der Waals surface area contributed by atoms with E-state index in [1.165, 1.54) is 0 Å². The summed E-state index contributed by atoms with van der Waals surface area (Å²) in [5.41, 5.74) is 3.23. The van der Waals surface area contributed by atoms with Gasteiger partial charge in [0.05, 0.1) is 13.5 Å². The summed E-state index contributed by atoms with van der Waals surface area (Å²) in [6.45, 7) is 0. The Morgan fingerprint density at radius 2 is 2.25 bits per heavy atom. The molecule has 0 aromatic carbocycles. The molecule has 0 spiro atoms. The Balaban J connectivity index is 3.12. The first-order valence-electron chi connectivity index (χ1n) is 4.32. The number of nitrogens with one attached hydrogen (secondary N) is 1. The largest absolute Gasteiger partial charge is 0.469 e. The molecule has 88 valence electrons. The number of esters is 1. The van der Waals surface area contributed by atoms with E-state index < -0.39 is 29.2 Å². The summed E-state index contributed by atoms with van der Waals surface area (Å²) in [7, 11) is 1.16. The van der Waals surface area contributed by atoms with E-state index in [0.29, 0.717) is 0 Å². The number of nitrogens with two attached hydrogens (primary N) is 1. The second-order valence-corrected chi connectivity index (χ2v) is 3.02. The highest BCUT2D eigenvalue weighted by molar-refractivity contribution is 5.72. The molecule has 0 atom stereocenters. The maximum atomic E-state index is 12.3. The van der Waals surface area contributed by atoms with E-state index in [1.54, 1.807) is 0 Å². The minimum atomic E-state index is -2.86. The van der Waals surface area contributed by atoms with Crippen molar-refractivity contribution in [3.05, 3.63) is 27.7 Å². The molecule has 3 N–H and O–H groups in total. The number of carbonyl (C=O) groups excluding carboxylic acids is 1. The van der Waals surface area contributed by atoms with Crippen molar-refractivity contribution < 1.29 is 18.3 Å². The Bertz CT molecular complexity index is 457. The van der Waals surface area contributed by atoms with E-state index >= 15 is 0 Å². The number of hydrogen-bond acceptors (Lipinski definition) is 4. The minimum Gasteiger partial charge on any atom is -0.469 e. The highest BCUT2D eigenvalue weighted by Crippen LogP contribution is 2.19. The van der Waals surface area contributed by atoms with Gasteiger partial charge in [-0.3, -0.25) is 9.59 Å². The van der Waals surface area contributed by atoms with Crippen LogP contribution >= 0.6 is 0 Å². The molecule has 0 aliphatic carbocycles. The molecule has 0 radical (unpaired) electrons. The van der Waals surface area contributed by atoms with Crippen LogP contribution in [0, 0.1) is 0 Å². The number of rotatable bonds is 3. The summed E-state index contributed by atoms with van der Waals surface area (Å²) in [4.78, 5) is 24.6. The molecule has 7 heteroatoms. The van der Waals surface area contributed by atoms with Gasteiger partial charge in [0.1, 0.15) is 11.4 Å². The van der Waals surface area contributed by atoms with Crippen LogP contribution in [0.4, 0.5) is 14.5 Å². The smallest absolute Gasteiger partial charge is 0.310 e. The zero-order chi connectivity index (χ0) is 12.3. The maximum Gasteiger partial charge on any atom is 0.310 e. The molecule has 5 nitrogen and oxygen atoms in total. The van der Waals surface area contributed by atoms with Gasteiger partial charge in [-0.25, -0.2) is 8.78 Å². The Labute approximate surface area is 89.2 Å². The zero-order valence-electron chi connectivity index (χ0n) is 8.42. The van der Waals surface area contributed by atoms with Crippen molar-refractivity contribution in [3.8, 4) is 0 Å². The fraction of sp³-hybridized carbons (Fsp3) is 0.333. The van der Waals surface area contributed by atoms with E-state index in [2.05, 4.69) is 9.72 Å². The summed E-state index contributed by atoms with van der Waals surface area (Å²) in [5.74, 6) is -0.644. The van der Waals surface area contributed by atoms with Gasteiger partial charge < -0.3 is 15.5 Å². The Hall–Kier alpha value is -1.92. The van der Waals surface area contributed by atoms with Crippen LogP contribution in [0.25, 0.3) is 0 Å². The van der Waals surface area contributed by atoms with Gasteiger partial charge in [0.2, 0.25) is 5.43 Å². The molecule has 0 bridgehead atoms. The molecule has 0 saturated carbocycles. The first kappa shape index (κ1) is 12.2. The van der Waals surface area contributed by atoms with E-state index in [9.17, 15) is 18.4 Å². The van der Waals surface area contributed by atoms with Gasteiger partial charge in [-0.05, 0) is 0 Å². The maximum absolute atomic E-state index is 12.3. The summed E-state index contributed by atoms with van der Waals surface area (Å²) in [6, 6.07) is 0. The van der Waals surface area contributed by atoms with Crippen molar-refractivity contribution in [2.75, 3.05) is 12.8 Å². The first-order chi connectivity index (χ1) is 7.47.